The second kappa shape index (κ2) is 4.81. The molecule has 108 valence electrons. The molecule has 10 heteroatoms. The SMILES string of the molecule is O=C(O)c1cc([N+](=O)[O-])ccc1S(=O)(=O)N1CC(O)C1. The Hall–Kier alpha value is -2.04. The molecule has 0 amide bonds. The van der Waals surface area contributed by atoms with E-state index in [4.69, 9.17) is 10.2 Å². The summed E-state index contributed by atoms with van der Waals surface area (Å²) in [4.78, 5) is 20.3. The zero-order valence-electron chi connectivity index (χ0n) is 9.96. The second-order valence-corrected chi connectivity index (χ2v) is 6.12. The van der Waals surface area contributed by atoms with Crippen LogP contribution in [0, 0.1) is 10.1 Å². The number of nitro benzene ring substituents is 1. The summed E-state index contributed by atoms with van der Waals surface area (Å²) < 4.78 is 25.2. The van der Waals surface area contributed by atoms with E-state index in [9.17, 15) is 23.3 Å². The molecule has 1 aliphatic rings. The molecule has 9 nitrogen and oxygen atoms in total. The molecule has 1 heterocycles. The molecule has 0 unspecified atom stereocenters. The van der Waals surface area contributed by atoms with Gasteiger partial charge in [0.25, 0.3) is 5.69 Å². The third-order valence-corrected chi connectivity index (χ3v) is 4.74. The third kappa shape index (κ3) is 2.35. The zero-order chi connectivity index (χ0) is 15.1. The van der Waals surface area contributed by atoms with Gasteiger partial charge in [0, 0.05) is 25.2 Å². The lowest BCUT2D eigenvalue weighted by molar-refractivity contribution is -0.384. The van der Waals surface area contributed by atoms with Crippen molar-refractivity contribution >= 4 is 21.7 Å². The third-order valence-electron chi connectivity index (χ3n) is 2.85. The van der Waals surface area contributed by atoms with Gasteiger partial charge in [-0.2, -0.15) is 4.31 Å². The van der Waals surface area contributed by atoms with Gasteiger partial charge in [0.1, 0.15) is 0 Å². The molecule has 1 fully saturated rings. The van der Waals surface area contributed by atoms with Crippen LogP contribution in [0.3, 0.4) is 0 Å². The number of benzene rings is 1. The summed E-state index contributed by atoms with van der Waals surface area (Å²) in [5.74, 6) is -1.58. The number of non-ortho nitro benzene ring substituents is 1. The molecule has 0 radical (unpaired) electrons. The first-order chi connectivity index (χ1) is 9.23. The smallest absolute Gasteiger partial charge is 0.337 e. The average molecular weight is 302 g/mol. The molecular weight excluding hydrogens is 292 g/mol. The number of hydrogen-bond donors (Lipinski definition) is 2. The van der Waals surface area contributed by atoms with Crippen molar-refractivity contribution in [3.63, 3.8) is 0 Å². The number of β-amino-alcohol motifs (C(OH)–C–C–N with tert-alkyl or cyclic N) is 1. The van der Waals surface area contributed by atoms with Gasteiger partial charge in [-0.15, -0.1) is 0 Å². The number of nitrogens with zero attached hydrogens (tertiary/aromatic N) is 2. The number of carboxylic acid groups (broad SMARTS) is 1. The second-order valence-electron chi connectivity index (χ2n) is 4.22. The predicted octanol–water partition coefficient (Wildman–Crippen LogP) is -0.342. The summed E-state index contributed by atoms with van der Waals surface area (Å²) in [6.45, 7) is -0.253. The summed E-state index contributed by atoms with van der Waals surface area (Å²) in [5.41, 5.74) is -1.18. The topological polar surface area (TPSA) is 138 Å². The molecule has 0 aromatic heterocycles. The van der Waals surface area contributed by atoms with E-state index in [1.54, 1.807) is 0 Å². The van der Waals surface area contributed by atoms with Crippen LogP contribution < -0.4 is 0 Å². The minimum atomic E-state index is -4.08. The lowest BCUT2D eigenvalue weighted by Crippen LogP contribution is -2.53. The van der Waals surface area contributed by atoms with E-state index >= 15 is 0 Å². The quantitative estimate of drug-likeness (QED) is 0.573. The van der Waals surface area contributed by atoms with Crippen LogP contribution in [0.2, 0.25) is 0 Å². The first-order valence-electron chi connectivity index (χ1n) is 5.43. The lowest BCUT2D eigenvalue weighted by Gasteiger charge is -2.34. The maximum atomic E-state index is 12.1. The number of nitro groups is 1. The summed E-state index contributed by atoms with van der Waals surface area (Å²) in [6, 6.07) is 2.52. The van der Waals surface area contributed by atoms with E-state index in [0.29, 0.717) is 6.07 Å². The van der Waals surface area contributed by atoms with Crippen LogP contribution in [0.4, 0.5) is 5.69 Å². The van der Waals surface area contributed by atoms with Gasteiger partial charge >= 0.3 is 5.97 Å². The van der Waals surface area contributed by atoms with Gasteiger partial charge in [0.05, 0.1) is 21.5 Å². The van der Waals surface area contributed by atoms with Gasteiger partial charge < -0.3 is 10.2 Å². The Labute approximate surface area is 113 Å². The van der Waals surface area contributed by atoms with Crippen LogP contribution in [0.15, 0.2) is 23.1 Å². The van der Waals surface area contributed by atoms with Gasteiger partial charge in [-0.3, -0.25) is 10.1 Å². The first kappa shape index (κ1) is 14.4. The maximum absolute atomic E-state index is 12.1. The summed E-state index contributed by atoms with van der Waals surface area (Å²) in [7, 11) is -4.08. The first-order valence-corrected chi connectivity index (χ1v) is 6.87. The van der Waals surface area contributed by atoms with Crippen molar-refractivity contribution in [2.24, 2.45) is 0 Å². The number of carbonyl (C=O) groups is 1. The van der Waals surface area contributed by atoms with Crippen molar-refractivity contribution in [3.05, 3.63) is 33.9 Å². The van der Waals surface area contributed by atoms with Crippen molar-refractivity contribution in [3.8, 4) is 0 Å². The fraction of sp³-hybridized carbons (Fsp3) is 0.300. The number of aliphatic hydroxyl groups excluding tert-OH is 1. The molecular formula is C10H10N2O7S. The molecule has 1 aromatic carbocycles. The average Bonchev–Trinajstić information content (AvgIpc) is 2.34. The van der Waals surface area contributed by atoms with Gasteiger partial charge in [-0.05, 0) is 6.07 Å². The molecule has 1 aliphatic heterocycles. The zero-order valence-corrected chi connectivity index (χ0v) is 10.8. The van der Waals surface area contributed by atoms with Gasteiger partial charge in [-0.25, -0.2) is 13.2 Å². The molecule has 0 saturated carbocycles. The Morgan fingerprint density at radius 1 is 1.40 bits per heavy atom. The summed E-state index contributed by atoms with van der Waals surface area (Å²) >= 11 is 0. The molecule has 1 aromatic rings. The molecule has 2 N–H and O–H groups in total. The van der Waals surface area contributed by atoms with Gasteiger partial charge in [0.15, 0.2) is 0 Å². The van der Waals surface area contributed by atoms with Crippen molar-refractivity contribution in [2.45, 2.75) is 11.0 Å². The van der Waals surface area contributed by atoms with E-state index < -0.39 is 43.2 Å². The Morgan fingerprint density at radius 2 is 2.00 bits per heavy atom. The highest BCUT2D eigenvalue weighted by Gasteiger charge is 2.38. The minimum absolute atomic E-state index is 0.127. The Morgan fingerprint density at radius 3 is 2.45 bits per heavy atom. The van der Waals surface area contributed by atoms with Crippen LogP contribution >= 0.6 is 0 Å². The summed E-state index contributed by atoms with van der Waals surface area (Å²) in [5, 5.41) is 28.7. The number of aromatic carboxylic acids is 1. The Balaban J connectivity index is 2.51. The number of sulfonamides is 1. The fourth-order valence-corrected chi connectivity index (χ4v) is 3.45. The highest BCUT2D eigenvalue weighted by Crippen LogP contribution is 2.27. The van der Waals surface area contributed by atoms with Crippen molar-refractivity contribution in [1.29, 1.82) is 0 Å². The van der Waals surface area contributed by atoms with E-state index in [2.05, 4.69) is 0 Å². The molecule has 0 aliphatic carbocycles. The van der Waals surface area contributed by atoms with Crippen molar-refractivity contribution in [2.75, 3.05) is 13.1 Å². The highest BCUT2D eigenvalue weighted by atomic mass is 32.2. The van der Waals surface area contributed by atoms with E-state index in [1.807, 2.05) is 0 Å². The largest absolute Gasteiger partial charge is 0.478 e. The van der Waals surface area contributed by atoms with E-state index in [1.165, 1.54) is 0 Å². The van der Waals surface area contributed by atoms with Gasteiger partial charge in [-0.1, -0.05) is 0 Å². The highest BCUT2D eigenvalue weighted by molar-refractivity contribution is 7.89. The number of aliphatic hydroxyl groups is 1. The summed E-state index contributed by atoms with van der Waals surface area (Å²) in [6.07, 6.45) is -0.781. The number of hydrogen-bond acceptors (Lipinski definition) is 6. The Bertz CT molecular complexity index is 679. The molecule has 0 bridgehead atoms. The molecule has 0 atom stereocenters. The van der Waals surface area contributed by atoms with Crippen LogP contribution in [-0.2, 0) is 10.0 Å². The Kier molecular flexibility index (Phi) is 3.46. The number of rotatable bonds is 4. The predicted molar refractivity (Wildman–Crippen MR) is 64.8 cm³/mol. The standard InChI is InChI=1S/C10H10N2O7S/c13-7-4-11(5-7)20(18,19)9-2-1-6(12(16)17)3-8(9)10(14)15/h1-3,7,13H,4-5H2,(H,14,15). The monoisotopic (exact) mass is 302 g/mol. The van der Waals surface area contributed by atoms with Crippen LogP contribution in [0.25, 0.3) is 0 Å². The molecule has 2 rings (SSSR count). The van der Waals surface area contributed by atoms with Gasteiger partial charge in [0.2, 0.25) is 10.0 Å². The van der Waals surface area contributed by atoms with Crippen LogP contribution in [0.5, 0.6) is 0 Å². The normalized spacial score (nSPS) is 16.6. The molecule has 20 heavy (non-hydrogen) atoms. The van der Waals surface area contributed by atoms with Crippen molar-refractivity contribution in [1.82, 2.24) is 4.31 Å². The minimum Gasteiger partial charge on any atom is -0.478 e. The molecule has 0 spiro atoms. The fourth-order valence-electron chi connectivity index (χ4n) is 1.78. The molecule has 1 saturated heterocycles. The van der Waals surface area contributed by atoms with Crippen LogP contribution in [-0.4, -0.2) is 53.0 Å². The van der Waals surface area contributed by atoms with Crippen molar-refractivity contribution < 1.29 is 28.3 Å². The lowest BCUT2D eigenvalue weighted by atomic mass is 10.2. The van der Waals surface area contributed by atoms with E-state index in [0.717, 1.165) is 16.4 Å². The number of carboxylic acids is 1. The van der Waals surface area contributed by atoms with Crippen LogP contribution in [0.1, 0.15) is 10.4 Å². The van der Waals surface area contributed by atoms with E-state index in [-0.39, 0.29) is 13.1 Å². The maximum Gasteiger partial charge on any atom is 0.337 e.